The van der Waals surface area contributed by atoms with Crippen molar-refractivity contribution >= 4 is 33.1 Å². The molecule has 0 atom stereocenters. The number of anilines is 1. The van der Waals surface area contributed by atoms with E-state index in [9.17, 15) is 18.0 Å². The van der Waals surface area contributed by atoms with Crippen molar-refractivity contribution < 1.29 is 27.5 Å². The molecule has 15 heteroatoms. The van der Waals surface area contributed by atoms with Gasteiger partial charge in [-0.3, -0.25) is 20.0 Å². The van der Waals surface area contributed by atoms with E-state index in [-0.39, 0.29) is 48.0 Å². The highest BCUT2D eigenvalue weighted by Crippen LogP contribution is 2.44. The number of nitrogens with two attached hydrogens (primary N) is 1. The number of para-hydroxylation sites is 1. The van der Waals surface area contributed by atoms with Crippen LogP contribution in [-0.2, 0) is 28.9 Å². The number of hydrogen-bond donors (Lipinski definition) is 2. The Morgan fingerprint density at radius 1 is 1.14 bits per heavy atom. The van der Waals surface area contributed by atoms with Gasteiger partial charge in [0.25, 0.3) is 5.91 Å². The van der Waals surface area contributed by atoms with Gasteiger partial charge >= 0.3 is 0 Å². The fraction of sp³-hybridized carbons (Fsp3) is 0.414. The lowest BCUT2D eigenvalue weighted by molar-refractivity contribution is -0.168. The minimum absolute atomic E-state index is 0.0294. The summed E-state index contributed by atoms with van der Waals surface area (Å²) in [7, 11) is -2.26. The summed E-state index contributed by atoms with van der Waals surface area (Å²) < 4.78 is 40.6. The molecule has 4 aromatic rings. The number of sulfone groups is 1. The SMILES string of the molecule is COCCO[C@]1(C(=O)N2CCC(=O)N2)CC[C@H](c2nc3c(-c4cnn(-c5ccccc5)c4)cnn3c(N)c2S(C)(=O)=O)CC1. The molecule has 0 spiro atoms. The molecule has 2 aliphatic rings. The maximum Gasteiger partial charge on any atom is 0.273 e. The summed E-state index contributed by atoms with van der Waals surface area (Å²) in [6.45, 7) is 0.743. The molecule has 1 saturated carbocycles. The molecule has 3 aromatic heterocycles. The van der Waals surface area contributed by atoms with Crippen molar-refractivity contribution in [1.82, 2.24) is 34.8 Å². The van der Waals surface area contributed by atoms with Crippen molar-refractivity contribution in [3.05, 3.63) is 54.6 Å². The van der Waals surface area contributed by atoms with E-state index >= 15 is 0 Å². The predicted octanol–water partition coefficient (Wildman–Crippen LogP) is 1.89. The number of nitrogens with one attached hydrogen (secondary N) is 1. The van der Waals surface area contributed by atoms with Gasteiger partial charge in [-0.05, 0) is 37.8 Å². The second kappa shape index (κ2) is 11.6. The van der Waals surface area contributed by atoms with Crippen molar-refractivity contribution in [3.8, 4) is 16.8 Å². The van der Waals surface area contributed by atoms with E-state index in [1.165, 1.54) is 9.52 Å². The first-order valence-corrected chi connectivity index (χ1v) is 16.2. The van der Waals surface area contributed by atoms with Gasteiger partial charge in [0.1, 0.15) is 16.3 Å². The number of nitrogen functional groups attached to an aromatic ring is 1. The minimum Gasteiger partial charge on any atom is -0.382 e. The van der Waals surface area contributed by atoms with Gasteiger partial charge in [0.15, 0.2) is 15.5 Å². The summed E-state index contributed by atoms with van der Waals surface area (Å²) in [5, 5.41) is 10.2. The molecule has 0 unspecified atom stereocenters. The smallest absolute Gasteiger partial charge is 0.273 e. The molecule has 1 aliphatic heterocycles. The third-order valence-corrected chi connectivity index (χ3v) is 9.41. The number of hydrogen-bond acceptors (Lipinski definition) is 10. The molecule has 232 valence electrons. The first kappa shape index (κ1) is 29.7. The lowest BCUT2D eigenvalue weighted by atomic mass is 9.76. The number of carbonyl (C=O) groups excluding carboxylic acids is 2. The van der Waals surface area contributed by atoms with Gasteiger partial charge in [0, 0.05) is 43.0 Å². The van der Waals surface area contributed by atoms with Crippen molar-refractivity contribution in [2.45, 2.75) is 48.5 Å². The van der Waals surface area contributed by atoms with Gasteiger partial charge in [-0.2, -0.15) is 14.7 Å². The Morgan fingerprint density at radius 2 is 1.89 bits per heavy atom. The van der Waals surface area contributed by atoms with Gasteiger partial charge in [0.2, 0.25) is 5.91 Å². The zero-order valence-electron chi connectivity index (χ0n) is 24.5. The van der Waals surface area contributed by atoms with Crippen molar-refractivity contribution in [2.24, 2.45) is 0 Å². The van der Waals surface area contributed by atoms with Gasteiger partial charge in [0.05, 0.1) is 43.5 Å². The second-order valence-corrected chi connectivity index (χ2v) is 13.1. The van der Waals surface area contributed by atoms with Gasteiger partial charge < -0.3 is 15.2 Å². The number of amides is 2. The average molecular weight is 623 g/mol. The van der Waals surface area contributed by atoms with Crippen LogP contribution in [-0.4, -0.2) is 88.3 Å². The van der Waals surface area contributed by atoms with Crippen LogP contribution in [0.1, 0.15) is 43.7 Å². The number of fused-ring (bicyclic) bond motifs is 1. The van der Waals surface area contributed by atoms with Crippen LogP contribution in [0.3, 0.4) is 0 Å². The van der Waals surface area contributed by atoms with E-state index in [1.807, 2.05) is 36.5 Å². The number of rotatable bonds is 9. The van der Waals surface area contributed by atoms with E-state index in [1.54, 1.807) is 24.2 Å². The standard InChI is InChI=1S/C29H34N8O6S/c1-42-14-15-43-29(28(39)35-13-10-23(38)34-35)11-8-19(9-12-29)24-25(44(2,40)41)26(30)37-27(33-24)22(17-32-37)20-16-31-36(18-20)21-6-4-3-5-7-21/h3-7,16-19H,8-15,30H2,1-2H3,(H,34,38)/t19-,29+. The summed E-state index contributed by atoms with van der Waals surface area (Å²) in [6.07, 6.45) is 7.86. The second-order valence-electron chi connectivity index (χ2n) is 11.1. The Morgan fingerprint density at radius 3 is 2.55 bits per heavy atom. The molecule has 6 rings (SSSR count). The zero-order valence-corrected chi connectivity index (χ0v) is 25.3. The fourth-order valence-electron chi connectivity index (χ4n) is 6.03. The van der Waals surface area contributed by atoms with Crippen LogP contribution in [0.25, 0.3) is 22.5 Å². The van der Waals surface area contributed by atoms with E-state index in [4.69, 9.17) is 20.2 Å². The number of nitrogens with zero attached hydrogens (tertiary/aromatic N) is 6. The van der Waals surface area contributed by atoms with Crippen LogP contribution >= 0.6 is 0 Å². The highest BCUT2D eigenvalue weighted by atomic mass is 32.2. The summed E-state index contributed by atoms with van der Waals surface area (Å²) >= 11 is 0. The minimum atomic E-state index is -3.81. The van der Waals surface area contributed by atoms with Crippen LogP contribution in [0.5, 0.6) is 0 Å². The van der Waals surface area contributed by atoms with E-state index in [0.717, 1.165) is 17.5 Å². The number of methoxy groups -OCH3 is 1. The molecular weight excluding hydrogens is 588 g/mol. The van der Waals surface area contributed by atoms with Crippen molar-refractivity contribution in [3.63, 3.8) is 0 Å². The average Bonchev–Trinajstić information content (AvgIpc) is 3.77. The Hall–Kier alpha value is -4.34. The molecule has 14 nitrogen and oxygen atoms in total. The molecule has 2 fully saturated rings. The van der Waals surface area contributed by atoms with Gasteiger partial charge in [-0.15, -0.1) is 0 Å². The molecule has 3 N–H and O–H groups in total. The first-order chi connectivity index (χ1) is 21.1. The molecular formula is C29H34N8O6S. The quantitative estimate of drug-likeness (QED) is 0.262. The van der Waals surface area contributed by atoms with Crippen LogP contribution in [0.15, 0.2) is 53.8 Å². The van der Waals surface area contributed by atoms with Crippen LogP contribution in [0.2, 0.25) is 0 Å². The maximum absolute atomic E-state index is 13.6. The highest BCUT2D eigenvalue weighted by Gasteiger charge is 2.47. The number of benzene rings is 1. The number of ether oxygens (including phenoxy) is 2. The monoisotopic (exact) mass is 622 g/mol. The van der Waals surface area contributed by atoms with Crippen molar-refractivity contribution in [2.75, 3.05) is 38.9 Å². The molecule has 1 aliphatic carbocycles. The maximum atomic E-state index is 13.6. The lowest BCUT2D eigenvalue weighted by Gasteiger charge is -2.40. The molecule has 0 radical (unpaired) electrons. The van der Waals surface area contributed by atoms with Gasteiger partial charge in [-0.1, -0.05) is 18.2 Å². The fourth-order valence-corrected chi connectivity index (χ4v) is 7.09. The Bertz CT molecular complexity index is 1810. The predicted molar refractivity (Wildman–Crippen MR) is 159 cm³/mol. The van der Waals surface area contributed by atoms with E-state index in [0.29, 0.717) is 49.2 Å². The Labute approximate surface area is 254 Å². The molecule has 2 amide bonds. The summed E-state index contributed by atoms with van der Waals surface area (Å²) in [4.78, 5) is 30.3. The zero-order chi connectivity index (χ0) is 31.1. The van der Waals surface area contributed by atoms with Crippen LogP contribution in [0.4, 0.5) is 5.82 Å². The Balaban J connectivity index is 1.36. The number of aromatic nitrogens is 5. The summed E-state index contributed by atoms with van der Waals surface area (Å²) in [6, 6.07) is 9.63. The first-order valence-electron chi connectivity index (χ1n) is 14.3. The van der Waals surface area contributed by atoms with E-state index in [2.05, 4.69) is 15.6 Å². The molecule has 0 bridgehead atoms. The molecule has 1 saturated heterocycles. The van der Waals surface area contributed by atoms with Crippen molar-refractivity contribution in [1.29, 1.82) is 0 Å². The van der Waals surface area contributed by atoms with E-state index < -0.39 is 15.4 Å². The molecule has 4 heterocycles. The molecule has 1 aromatic carbocycles. The Kier molecular flexibility index (Phi) is 7.86. The highest BCUT2D eigenvalue weighted by molar-refractivity contribution is 7.91. The largest absolute Gasteiger partial charge is 0.382 e. The lowest BCUT2D eigenvalue weighted by Crippen LogP contribution is -2.55. The molecule has 44 heavy (non-hydrogen) atoms. The summed E-state index contributed by atoms with van der Waals surface area (Å²) in [5.74, 6) is -0.909. The summed E-state index contributed by atoms with van der Waals surface area (Å²) in [5.41, 5.74) is 10.9. The van der Waals surface area contributed by atoms with Crippen LogP contribution in [0, 0.1) is 0 Å². The van der Waals surface area contributed by atoms with Crippen LogP contribution < -0.4 is 11.2 Å². The van der Waals surface area contributed by atoms with Gasteiger partial charge in [-0.25, -0.2) is 18.1 Å². The third-order valence-electron chi connectivity index (χ3n) is 8.25. The number of hydrazine groups is 1. The normalized spacial score (nSPS) is 20.7. The number of carbonyl (C=O) groups is 2. The topological polar surface area (TPSA) is 176 Å². The third kappa shape index (κ3) is 5.42.